The Morgan fingerprint density at radius 3 is 2.37 bits per heavy atom. The van der Waals surface area contributed by atoms with Crippen LogP contribution >= 0.6 is 0 Å². The van der Waals surface area contributed by atoms with Crippen molar-refractivity contribution in [3.63, 3.8) is 0 Å². The van der Waals surface area contributed by atoms with Crippen LogP contribution in [0.3, 0.4) is 0 Å². The molecule has 1 heterocycles. The first kappa shape index (κ1) is 15.9. The molecule has 0 spiro atoms. The molecule has 0 N–H and O–H groups in total. The number of para-hydroxylation sites is 1. The SMILES string of the molecule is COC1=Nc2ccccc2[C@@H]2[C@H](C(=O)C34CC5CC(CC(C5)C3)C4)[C@]12C#N. The molecule has 3 atom stereocenters. The second-order valence-corrected chi connectivity index (χ2v) is 9.68. The van der Waals surface area contributed by atoms with Crippen LogP contribution in [0.1, 0.15) is 50.0 Å². The number of nitrogens with zero attached hydrogens (tertiary/aromatic N) is 2. The number of nitriles is 1. The summed E-state index contributed by atoms with van der Waals surface area (Å²) in [4.78, 5) is 18.6. The molecular weight excluding hydrogens is 336 g/mol. The van der Waals surface area contributed by atoms with Gasteiger partial charge in [0.15, 0.2) is 5.41 Å². The van der Waals surface area contributed by atoms with Gasteiger partial charge in [0.2, 0.25) is 5.90 Å². The van der Waals surface area contributed by atoms with E-state index in [1.54, 1.807) is 7.11 Å². The van der Waals surface area contributed by atoms with Crippen LogP contribution in [-0.4, -0.2) is 18.8 Å². The van der Waals surface area contributed by atoms with Crippen molar-refractivity contribution >= 4 is 17.4 Å². The summed E-state index contributed by atoms with van der Waals surface area (Å²) in [5.74, 6) is 2.57. The van der Waals surface area contributed by atoms with E-state index in [-0.39, 0.29) is 17.3 Å². The van der Waals surface area contributed by atoms with Crippen LogP contribution in [0.2, 0.25) is 0 Å². The molecular formula is C23H24N2O2. The topological polar surface area (TPSA) is 62.4 Å². The molecule has 5 aliphatic carbocycles. The van der Waals surface area contributed by atoms with E-state index in [1.807, 2.05) is 24.3 Å². The van der Waals surface area contributed by atoms with Crippen LogP contribution in [0.5, 0.6) is 0 Å². The quantitative estimate of drug-likeness (QED) is 0.786. The summed E-state index contributed by atoms with van der Waals surface area (Å²) in [5, 5.41) is 10.2. The van der Waals surface area contributed by atoms with Gasteiger partial charge in [0.25, 0.3) is 0 Å². The Labute approximate surface area is 159 Å². The van der Waals surface area contributed by atoms with Crippen LogP contribution in [0.4, 0.5) is 5.69 Å². The van der Waals surface area contributed by atoms with E-state index in [2.05, 4.69) is 11.1 Å². The average Bonchev–Trinajstić information content (AvgIpc) is 3.36. The highest BCUT2D eigenvalue weighted by molar-refractivity contribution is 6.06. The minimum Gasteiger partial charge on any atom is -0.483 e. The zero-order valence-corrected chi connectivity index (χ0v) is 15.6. The zero-order valence-electron chi connectivity index (χ0n) is 15.6. The number of ether oxygens (including phenoxy) is 1. The van der Waals surface area contributed by atoms with Crippen molar-refractivity contribution in [1.29, 1.82) is 5.26 Å². The highest BCUT2D eigenvalue weighted by Gasteiger charge is 2.77. The van der Waals surface area contributed by atoms with E-state index in [4.69, 9.17) is 4.74 Å². The summed E-state index contributed by atoms with van der Waals surface area (Å²) < 4.78 is 5.57. The number of aliphatic imine (C=N–C) groups is 1. The van der Waals surface area contributed by atoms with Gasteiger partial charge in [-0.15, -0.1) is 0 Å². The Balaban J connectivity index is 1.44. The van der Waals surface area contributed by atoms with Gasteiger partial charge in [0.1, 0.15) is 5.78 Å². The number of rotatable bonds is 2. The maximum atomic E-state index is 14.0. The fourth-order valence-corrected chi connectivity index (χ4v) is 7.63. The lowest BCUT2D eigenvalue weighted by atomic mass is 9.48. The minimum atomic E-state index is -0.885. The van der Waals surface area contributed by atoms with Crippen molar-refractivity contribution in [1.82, 2.24) is 0 Å². The molecule has 0 radical (unpaired) electrons. The van der Waals surface area contributed by atoms with Gasteiger partial charge in [-0.25, -0.2) is 4.99 Å². The Kier molecular flexibility index (Phi) is 2.94. The predicted octanol–water partition coefficient (Wildman–Crippen LogP) is 4.39. The molecule has 5 saturated carbocycles. The first-order chi connectivity index (χ1) is 13.1. The van der Waals surface area contributed by atoms with Crippen LogP contribution in [0, 0.1) is 45.8 Å². The monoisotopic (exact) mass is 360 g/mol. The van der Waals surface area contributed by atoms with Gasteiger partial charge in [-0.1, -0.05) is 18.2 Å². The molecule has 0 saturated heterocycles. The van der Waals surface area contributed by atoms with E-state index in [0.29, 0.717) is 11.7 Å². The number of ketones is 1. The van der Waals surface area contributed by atoms with Crippen LogP contribution in [0.15, 0.2) is 29.3 Å². The molecule has 6 aliphatic rings. The number of carbonyl (C=O) groups is 1. The number of carbonyl (C=O) groups excluding carboxylic acids is 1. The summed E-state index contributed by atoms with van der Waals surface area (Å²) in [6.45, 7) is 0. The second-order valence-electron chi connectivity index (χ2n) is 9.68. The predicted molar refractivity (Wildman–Crippen MR) is 100 cm³/mol. The highest BCUT2D eigenvalue weighted by atomic mass is 16.5. The summed E-state index contributed by atoms with van der Waals surface area (Å²) in [5.41, 5.74) is 0.826. The molecule has 4 nitrogen and oxygen atoms in total. The summed E-state index contributed by atoms with van der Waals surface area (Å²) >= 11 is 0. The Morgan fingerprint density at radius 2 is 1.78 bits per heavy atom. The van der Waals surface area contributed by atoms with Crippen molar-refractivity contribution in [3.05, 3.63) is 29.8 Å². The normalized spacial score (nSPS) is 45.3. The van der Waals surface area contributed by atoms with Crippen molar-refractivity contribution in [2.24, 2.45) is 39.5 Å². The number of Topliss-reactive ketones (excluding diaryl/α,β-unsaturated/α-hetero) is 1. The van der Waals surface area contributed by atoms with Crippen LogP contribution in [0.25, 0.3) is 0 Å². The Hall–Kier alpha value is -2.15. The van der Waals surface area contributed by atoms with E-state index in [0.717, 1.165) is 48.3 Å². The van der Waals surface area contributed by atoms with E-state index >= 15 is 0 Å². The van der Waals surface area contributed by atoms with Gasteiger partial charge < -0.3 is 4.74 Å². The van der Waals surface area contributed by atoms with Crippen molar-refractivity contribution < 1.29 is 9.53 Å². The third-order valence-corrected chi connectivity index (χ3v) is 8.27. The zero-order chi connectivity index (χ0) is 18.4. The fourth-order valence-electron chi connectivity index (χ4n) is 7.63. The van der Waals surface area contributed by atoms with Gasteiger partial charge in [-0.2, -0.15) is 5.26 Å². The molecule has 27 heavy (non-hydrogen) atoms. The average molecular weight is 360 g/mol. The number of methoxy groups -OCH3 is 1. The van der Waals surface area contributed by atoms with Gasteiger partial charge in [-0.05, 0) is 67.9 Å². The third-order valence-electron chi connectivity index (χ3n) is 8.27. The number of benzene rings is 1. The van der Waals surface area contributed by atoms with Gasteiger partial charge in [0, 0.05) is 11.3 Å². The smallest absolute Gasteiger partial charge is 0.210 e. The minimum absolute atomic E-state index is 0.0911. The lowest BCUT2D eigenvalue weighted by Crippen LogP contribution is -2.51. The molecule has 0 aromatic heterocycles. The molecule has 7 rings (SSSR count). The molecule has 1 aliphatic heterocycles. The second kappa shape index (κ2) is 5.01. The molecule has 1 aromatic carbocycles. The summed E-state index contributed by atoms with van der Waals surface area (Å²) in [6, 6.07) is 10.4. The first-order valence-corrected chi connectivity index (χ1v) is 10.3. The number of hydrogen-bond acceptors (Lipinski definition) is 4. The lowest BCUT2D eigenvalue weighted by molar-refractivity contribution is -0.145. The number of hydrogen-bond donors (Lipinski definition) is 0. The standard InChI is InChI=1S/C23H24N2O2/c1-27-21-23(12-24)18(16-4-2-3-5-17(16)25-21)19(23)20(26)22-9-13-6-14(10-22)8-15(7-13)11-22/h2-5,13-15,18-19H,6-11H2,1H3/t13?,14?,15?,18-,19-,22?,23-/m1/s1. The van der Waals surface area contributed by atoms with Crippen LogP contribution < -0.4 is 0 Å². The summed E-state index contributed by atoms with van der Waals surface area (Å²) in [7, 11) is 1.58. The molecule has 4 heteroatoms. The largest absolute Gasteiger partial charge is 0.483 e. The van der Waals surface area contributed by atoms with E-state index in [1.165, 1.54) is 19.3 Å². The Bertz CT molecular complexity index is 891. The number of fused-ring (bicyclic) bond motifs is 3. The fraction of sp³-hybridized carbons (Fsp3) is 0.609. The maximum absolute atomic E-state index is 14.0. The van der Waals surface area contributed by atoms with Crippen molar-refractivity contribution in [2.45, 2.75) is 44.4 Å². The highest BCUT2D eigenvalue weighted by Crippen LogP contribution is 2.73. The van der Waals surface area contributed by atoms with Gasteiger partial charge in [0.05, 0.1) is 24.8 Å². The van der Waals surface area contributed by atoms with Crippen molar-refractivity contribution in [2.75, 3.05) is 7.11 Å². The Morgan fingerprint density at radius 1 is 1.15 bits per heavy atom. The first-order valence-electron chi connectivity index (χ1n) is 10.3. The molecule has 0 unspecified atom stereocenters. The molecule has 138 valence electrons. The van der Waals surface area contributed by atoms with Gasteiger partial charge in [-0.3, -0.25) is 4.79 Å². The van der Waals surface area contributed by atoms with Gasteiger partial charge >= 0.3 is 0 Å². The molecule has 4 bridgehead atoms. The van der Waals surface area contributed by atoms with Crippen LogP contribution in [-0.2, 0) is 9.53 Å². The maximum Gasteiger partial charge on any atom is 0.210 e. The molecule has 5 fully saturated rings. The summed E-state index contributed by atoms with van der Waals surface area (Å²) in [6.07, 6.45) is 7.09. The van der Waals surface area contributed by atoms with E-state index < -0.39 is 5.41 Å². The molecule has 1 aromatic rings. The third kappa shape index (κ3) is 1.83. The van der Waals surface area contributed by atoms with Crippen molar-refractivity contribution in [3.8, 4) is 6.07 Å². The molecule has 0 amide bonds. The van der Waals surface area contributed by atoms with E-state index in [9.17, 15) is 10.1 Å². The lowest BCUT2D eigenvalue weighted by Gasteiger charge is -2.56.